The van der Waals surface area contributed by atoms with Gasteiger partial charge in [0, 0.05) is 37.5 Å². The molecule has 5 rings (SSSR count). The molecule has 1 atom stereocenters. The molecule has 7 heteroatoms. The zero-order chi connectivity index (χ0) is 21.9. The molecule has 2 aromatic heterocycles. The molecule has 1 saturated heterocycles. The minimum absolute atomic E-state index is 0.0170. The van der Waals surface area contributed by atoms with Gasteiger partial charge in [0.15, 0.2) is 0 Å². The molecule has 162 valence electrons. The average Bonchev–Trinajstić information content (AvgIpc) is 3.33. The molecule has 1 aliphatic heterocycles. The van der Waals surface area contributed by atoms with Crippen molar-refractivity contribution < 1.29 is 14.6 Å². The van der Waals surface area contributed by atoms with E-state index in [0.29, 0.717) is 29.8 Å². The Kier molecular flexibility index (Phi) is 5.56. The molecule has 0 aliphatic carbocycles. The molecule has 1 fully saturated rings. The highest BCUT2D eigenvalue weighted by atomic mass is 16.5. The average molecular weight is 428 g/mol. The van der Waals surface area contributed by atoms with Gasteiger partial charge in [-0.05, 0) is 48.0 Å². The van der Waals surface area contributed by atoms with E-state index in [4.69, 9.17) is 9.47 Å². The number of fused-ring (bicyclic) bond motifs is 1. The third kappa shape index (κ3) is 4.33. The highest BCUT2D eigenvalue weighted by molar-refractivity contribution is 5.82. The minimum atomic E-state index is -0.0170. The van der Waals surface area contributed by atoms with Gasteiger partial charge in [0.2, 0.25) is 5.88 Å². The van der Waals surface area contributed by atoms with Gasteiger partial charge in [0.05, 0.1) is 30.3 Å². The fraction of sp³-hybridized carbons (Fsp3) is 0.240. The summed E-state index contributed by atoms with van der Waals surface area (Å²) >= 11 is 0. The second-order valence-electron chi connectivity index (χ2n) is 7.86. The van der Waals surface area contributed by atoms with E-state index < -0.39 is 0 Å². The van der Waals surface area contributed by atoms with Crippen LogP contribution in [0.3, 0.4) is 0 Å². The van der Waals surface area contributed by atoms with E-state index in [1.807, 2.05) is 19.2 Å². The van der Waals surface area contributed by atoms with E-state index in [0.717, 1.165) is 35.7 Å². The van der Waals surface area contributed by atoms with Crippen molar-refractivity contribution in [3.05, 3.63) is 78.4 Å². The van der Waals surface area contributed by atoms with E-state index in [1.54, 1.807) is 18.5 Å². The summed E-state index contributed by atoms with van der Waals surface area (Å²) < 4.78 is 11.3. The van der Waals surface area contributed by atoms with Gasteiger partial charge in [0.25, 0.3) is 0 Å². The number of anilines is 2. The summed E-state index contributed by atoms with van der Waals surface area (Å²) in [5.41, 5.74) is 3.84. The first-order valence-electron chi connectivity index (χ1n) is 10.6. The van der Waals surface area contributed by atoms with Crippen LogP contribution in [-0.2, 0) is 11.2 Å². The van der Waals surface area contributed by atoms with Crippen LogP contribution >= 0.6 is 0 Å². The normalized spacial score (nSPS) is 15.7. The van der Waals surface area contributed by atoms with Crippen LogP contribution in [-0.4, -0.2) is 46.4 Å². The first-order valence-corrected chi connectivity index (χ1v) is 10.6. The predicted molar refractivity (Wildman–Crippen MR) is 123 cm³/mol. The van der Waals surface area contributed by atoms with Crippen LogP contribution in [0, 0.1) is 0 Å². The van der Waals surface area contributed by atoms with E-state index in [-0.39, 0.29) is 12.0 Å². The molecule has 32 heavy (non-hydrogen) atoms. The zero-order valence-corrected chi connectivity index (χ0v) is 17.8. The maximum absolute atomic E-state index is 10.2. The molecular formula is C25H24N4O3. The van der Waals surface area contributed by atoms with Crippen molar-refractivity contribution in [1.29, 1.82) is 0 Å². The number of pyridine rings is 1. The standard InChI is InChI=1S/C25H24N4O3/c1-29(19-6-8-20(9-7-19)32-21-11-13-31-16-21)18-4-2-17(3-5-18)14-24-27-23-15-26-12-10-22(23)25(30)28-24/h2-10,12,15,21H,11,13-14,16H2,1H3,(H,27,28,30). The van der Waals surface area contributed by atoms with Crippen molar-refractivity contribution in [1.82, 2.24) is 15.0 Å². The summed E-state index contributed by atoms with van der Waals surface area (Å²) in [4.78, 5) is 14.9. The van der Waals surface area contributed by atoms with Gasteiger partial charge in [-0.25, -0.2) is 4.98 Å². The number of ether oxygens (including phenoxy) is 2. The van der Waals surface area contributed by atoms with Gasteiger partial charge in [-0.2, -0.15) is 4.98 Å². The van der Waals surface area contributed by atoms with Crippen LogP contribution in [0.1, 0.15) is 17.8 Å². The molecular weight excluding hydrogens is 404 g/mol. The first-order chi connectivity index (χ1) is 15.7. The van der Waals surface area contributed by atoms with Gasteiger partial charge < -0.3 is 19.5 Å². The highest BCUT2D eigenvalue weighted by Gasteiger charge is 2.17. The molecule has 0 amide bonds. The molecule has 0 spiro atoms. The first kappa shape index (κ1) is 20.2. The Labute approximate surface area is 186 Å². The maximum Gasteiger partial charge on any atom is 0.222 e. The van der Waals surface area contributed by atoms with Gasteiger partial charge in [-0.15, -0.1) is 0 Å². The molecule has 1 unspecified atom stereocenters. The van der Waals surface area contributed by atoms with Crippen molar-refractivity contribution in [2.24, 2.45) is 0 Å². The lowest BCUT2D eigenvalue weighted by molar-refractivity contribution is 0.141. The molecule has 0 saturated carbocycles. The van der Waals surface area contributed by atoms with Crippen molar-refractivity contribution in [3.63, 3.8) is 0 Å². The smallest absolute Gasteiger partial charge is 0.222 e. The second-order valence-corrected chi connectivity index (χ2v) is 7.86. The Balaban J connectivity index is 1.27. The number of aromatic nitrogens is 3. The Morgan fingerprint density at radius 1 is 1.03 bits per heavy atom. The van der Waals surface area contributed by atoms with E-state index in [2.05, 4.69) is 56.3 Å². The zero-order valence-electron chi connectivity index (χ0n) is 17.8. The van der Waals surface area contributed by atoms with Crippen molar-refractivity contribution in [2.75, 3.05) is 25.2 Å². The summed E-state index contributed by atoms with van der Waals surface area (Å²) in [6.07, 6.45) is 4.87. The summed E-state index contributed by atoms with van der Waals surface area (Å²) in [5.74, 6) is 1.41. The predicted octanol–water partition coefficient (Wildman–Crippen LogP) is 4.26. The van der Waals surface area contributed by atoms with Gasteiger partial charge in [0.1, 0.15) is 17.7 Å². The molecule has 1 aliphatic rings. The van der Waals surface area contributed by atoms with Crippen molar-refractivity contribution >= 4 is 22.3 Å². The van der Waals surface area contributed by atoms with E-state index in [1.165, 1.54) is 0 Å². The molecule has 2 aromatic carbocycles. The second kappa shape index (κ2) is 8.80. The van der Waals surface area contributed by atoms with Crippen molar-refractivity contribution in [2.45, 2.75) is 18.9 Å². The minimum Gasteiger partial charge on any atom is -0.493 e. The number of rotatable bonds is 6. The molecule has 0 bridgehead atoms. The Morgan fingerprint density at radius 2 is 1.78 bits per heavy atom. The summed E-state index contributed by atoms with van der Waals surface area (Å²) in [6.45, 7) is 1.43. The Morgan fingerprint density at radius 3 is 2.50 bits per heavy atom. The highest BCUT2D eigenvalue weighted by Crippen LogP contribution is 2.27. The number of hydrogen-bond acceptors (Lipinski definition) is 7. The SMILES string of the molecule is CN(c1ccc(Cc2nc(O)c3ccncc3n2)cc1)c1ccc(OC2CCOC2)cc1. The largest absolute Gasteiger partial charge is 0.493 e. The van der Waals surface area contributed by atoms with Gasteiger partial charge >= 0.3 is 0 Å². The monoisotopic (exact) mass is 428 g/mol. The lowest BCUT2D eigenvalue weighted by Crippen LogP contribution is -2.15. The van der Waals surface area contributed by atoms with Crippen LogP contribution in [0.5, 0.6) is 11.6 Å². The quantitative estimate of drug-likeness (QED) is 0.491. The van der Waals surface area contributed by atoms with Crippen LogP contribution in [0.2, 0.25) is 0 Å². The molecule has 3 heterocycles. The fourth-order valence-electron chi connectivity index (χ4n) is 3.81. The third-order valence-electron chi connectivity index (χ3n) is 5.63. The summed E-state index contributed by atoms with van der Waals surface area (Å²) in [5, 5.41) is 10.8. The summed E-state index contributed by atoms with van der Waals surface area (Å²) in [6, 6.07) is 18.1. The van der Waals surface area contributed by atoms with Gasteiger partial charge in [-0.3, -0.25) is 4.98 Å². The molecule has 7 nitrogen and oxygen atoms in total. The topological polar surface area (TPSA) is 80.6 Å². The van der Waals surface area contributed by atoms with Crippen LogP contribution in [0.25, 0.3) is 10.9 Å². The van der Waals surface area contributed by atoms with Crippen molar-refractivity contribution in [3.8, 4) is 11.6 Å². The third-order valence-corrected chi connectivity index (χ3v) is 5.63. The van der Waals surface area contributed by atoms with E-state index in [9.17, 15) is 5.11 Å². The number of benzene rings is 2. The Bertz CT molecular complexity index is 1210. The molecule has 0 radical (unpaired) electrons. The molecule has 4 aromatic rings. The maximum atomic E-state index is 10.2. The lowest BCUT2D eigenvalue weighted by Gasteiger charge is -2.20. The molecule has 1 N–H and O–H groups in total. The number of hydrogen-bond donors (Lipinski definition) is 1. The Hall–Kier alpha value is -3.71. The van der Waals surface area contributed by atoms with Gasteiger partial charge in [-0.1, -0.05) is 12.1 Å². The number of nitrogens with zero attached hydrogens (tertiary/aromatic N) is 4. The summed E-state index contributed by atoms with van der Waals surface area (Å²) in [7, 11) is 2.03. The fourth-order valence-corrected chi connectivity index (χ4v) is 3.81. The lowest BCUT2D eigenvalue weighted by atomic mass is 10.1. The number of aromatic hydroxyl groups is 1. The van der Waals surface area contributed by atoms with Crippen LogP contribution in [0.4, 0.5) is 11.4 Å². The van der Waals surface area contributed by atoms with Crippen LogP contribution in [0.15, 0.2) is 67.0 Å². The van der Waals surface area contributed by atoms with Crippen LogP contribution < -0.4 is 9.64 Å². The van der Waals surface area contributed by atoms with E-state index >= 15 is 0 Å².